The summed E-state index contributed by atoms with van der Waals surface area (Å²) in [5.41, 5.74) is 1.86. The highest BCUT2D eigenvalue weighted by molar-refractivity contribution is 9.10. The molecule has 1 N–H and O–H groups in total. The zero-order valence-electron chi connectivity index (χ0n) is 10.8. The lowest BCUT2D eigenvalue weighted by atomic mass is 9.82. The smallest absolute Gasteiger partial charge is 0.101 e. The highest BCUT2D eigenvalue weighted by Crippen LogP contribution is 2.27. The van der Waals surface area contributed by atoms with Gasteiger partial charge in [0, 0.05) is 11.0 Å². The Labute approximate surface area is 112 Å². The number of hydrogen-bond acceptors (Lipinski definition) is 2. The van der Waals surface area contributed by atoms with E-state index in [1.165, 1.54) is 0 Å². The minimum Gasteiger partial charge on any atom is -0.384 e. The fourth-order valence-electron chi connectivity index (χ4n) is 1.33. The molecule has 1 aromatic rings. The second kappa shape index (κ2) is 5.55. The highest BCUT2D eigenvalue weighted by Gasteiger charge is 2.19. The van der Waals surface area contributed by atoms with Crippen molar-refractivity contribution in [2.75, 3.05) is 11.9 Å². The quantitative estimate of drug-likeness (QED) is 0.896. The van der Waals surface area contributed by atoms with E-state index in [2.05, 4.69) is 55.0 Å². The molecule has 1 unspecified atom stereocenters. The summed E-state index contributed by atoms with van der Waals surface area (Å²) in [7, 11) is 0. The minimum atomic E-state index is 0.270. The Kier molecular flexibility index (Phi) is 4.59. The van der Waals surface area contributed by atoms with Gasteiger partial charge in [0.1, 0.15) is 6.07 Å². The zero-order chi connectivity index (χ0) is 13.1. The Bertz CT molecular complexity index is 427. The van der Waals surface area contributed by atoms with Crippen LogP contribution < -0.4 is 5.32 Å². The molecule has 1 aromatic carbocycles. The molecule has 0 fully saturated rings. The van der Waals surface area contributed by atoms with Gasteiger partial charge in [-0.2, -0.15) is 5.26 Å². The van der Waals surface area contributed by atoms with Crippen LogP contribution in [-0.4, -0.2) is 6.54 Å². The third-order valence-corrected chi connectivity index (χ3v) is 3.67. The molecular formula is C14H19BrN2. The SMILES string of the molecule is CC(CNc1cc(Br)ccc1C#N)C(C)(C)C. The number of anilines is 1. The van der Waals surface area contributed by atoms with Gasteiger partial charge in [-0.3, -0.25) is 0 Å². The summed E-state index contributed by atoms with van der Waals surface area (Å²) < 4.78 is 0.988. The van der Waals surface area contributed by atoms with E-state index >= 15 is 0 Å². The minimum absolute atomic E-state index is 0.270. The van der Waals surface area contributed by atoms with Crippen molar-refractivity contribution in [2.45, 2.75) is 27.7 Å². The monoisotopic (exact) mass is 294 g/mol. The van der Waals surface area contributed by atoms with E-state index in [0.29, 0.717) is 11.5 Å². The van der Waals surface area contributed by atoms with Gasteiger partial charge in [-0.25, -0.2) is 0 Å². The third-order valence-electron chi connectivity index (χ3n) is 3.18. The van der Waals surface area contributed by atoms with E-state index in [0.717, 1.165) is 16.7 Å². The summed E-state index contributed by atoms with van der Waals surface area (Å²) in [6.45, 7) is 9.77. The van der Waals surface area contributed by atoms with Crippen LogP contribution >= 0.6 is 15.9 Å². The van der Waals surface area contributed by atoms with Crippen molar-refractivity contribution in [1.29, 1.82) is 5.26 Å². The largest absolute Gasteiger partial charge is 0.384 e. The van der Waals surface area contributed by atoms with E-state index in [9.17, 15) is 0 Å². The van der Waals surface area contributed by atoms with Crippen LogP contribution in [0, 0.1) is 22.7 Å². The zero-order valence-corrected chi connectivity index (χ0v) is 12.4. The van der Waals surface area contributed by atoms with Crippen LogP contribution in [0.15, 0.2) is 22.7 Å². The topological polar surface area (TPSA) is 35.8 Å². The van der Waals surface area contributed by atoms with Crippen LogP contribution in [0.1, 0.15) is 33.3 Å². The van der Waals surface area contributed by atoms with Crippen molar-refractivity contribution >= 4 is 21.6 Å². The molecule has 0 saturated carbocycles. The number of nitriles is 1. The number of hydrogen-bond donors (Lipinski definition) is 1. The predicted octanol–water partition coefficient (Wildman–Crippen LogP) is 4.41. The first-order valence-corrected chi connectivity index (χ1v) is 6.57. The van der Waals surface area contributed by atoms with Gasteiger partial charge < -0.3 is 5.32 Å². The van der Waals surface area contributed by atoms with Gasteiger partial charge in [0.05, 0.1) is 11.3 Å². The maximum Gasteiger partial charge on any atom is 0.101 e. The molecule has 1 atom stereocenters. The number of nitrogens with zero attached hydrogens (tertiary/aromatic N) is 1. The van der Waals surface area contributed by atoms with Crippen molar-refractivity contribution in [3.8, 4) is 6.07 Å². The molecule has 0 amide bonds. The number of rotatable bonds is 3. The molecule has 0 aliphatic rings. The first-order chi connectivity index (χ1) is 7.84. The molecule has 0 aliphatic carbocycles. The van der Waals surface area contributed by atoms with E-state index in [4.69, 9.17) is 5.26 Å². The average Bonchev–Trinajstić information content (AvgIpc) is 2.24. The van der Waals surface area contributed by atoms with Crippen molar-refractivity contribution in [3.63, 3.8) is 0 Å². The van der Waals surface area contributed by atoms with Gasteiger partial charge in [0.15, 0.2) is 0 Å². The average molecular weight is 295 g/mol. The van der Waals surface area contributed by atoms with Gasteiger partial charge in [-0.15, -0.1) is 0 Å². The number of benzene rings is 1. The Hall–Kier alpha value is -1.01. The Morgan fingerprint density at radius 2 is 2.06 bits per heavy atom. The first kappa shape index (κ1) is 14.1. The molecule has 1 rings (SSSR count). The molecule has 0 aromatic heterocycles. The first-order valence-electron chi connectivity index (χ1n) is 5.78. The molecule has 3 heteroatoms. The van der Waals surface area contributed by atoms with Crippen molar-refractivity contribution < 1.29 is 0 Å². The van der Waals surface area contributed by atoms with Crippen LogP contribution in [0.3, 0.4) is 0 Å². The van der Waals surface area contributed by atoms with Gasteiger partial charge in [-0.1, -0.05) is 43.6 Å². The summed E-state index contributed by atoms with van der Waals surface area (Å²) in [6, 6.07) is 7.87. The van der Waals surface area contributed by atoms with Gasteiger partial charge >= 0.3 is 0 Å². The Balaban J connectivity index is 2.76. The summed E-state index contributed by atoms with van der Waals surface area (Å²) in [5.74, 6) is 0.535. The maximum absolute atomic E-state index is 9.03. The molecule has 0 spiro atoms. The lowest BCUT2D eigenvalue weighted by molar-refractivity contribution is 0.274. The maximum atomic E-state index is 9.03. The molecule has 2 nitrogen and oxygen atoms in total. The predicted molar refractivity (Wildman–Crippen MR) is 76.0 cm³/mol. The molecule has 0 radical (unpaired) electrons. The number of nitrogens with one attached hydrogen (secondary N) is 1. The van der Waals surface area contributed by atoms with E-state index in [1.54, 1.807) is 0 Å². The normalized spacial score (nSPS) is 12.9. The lowest BCUT2D eigenvalue weighted by Crippen LogP contribution is -2.25. The summed E-state index contributed by atoms with van der Waals surface area (Å²) in [6.07, 6.45) is 0. The van der Waals surface area contributed by atoms with E-state index in [1.807, 2.05) is 18.2 Å². The van der Waals surface area contributed by atoms with Gasteiger partial charge in [0.2, 0.25) is 0 Å². The van der Waals surface area contributed by atoms with Gasteiger partial charge in [0.25, 0.3) is 0 Å². The Morgan fingerprint density at radius 1 is 1.41 bits per heavy atom. The van der Waals surface area contributed by atoms with Crippen LogP contribution in [0.2, 0.25) is 0 Å². The standard InChI is InChI=1S/C14H19BrN2/c1-10(14(2,3)4)9-17-13-7-12(15)6-5-11(13)8-16/h5-7,10,17H,9H2,1-4H3. The van der Waals surface area contributed by atoms with Crippen LogP contribution in [0.4, 0.5) is 5.69 Å². The highest BCUT2D eigenvalue weighted by atomic mass is 79.9. The van der Waals surface area contributed by atoms with Crippen molar-refractivity contribution in [3.05, 3.63) is 28.2 Å². The molecule has 0 aliphatic heterocycles. The molecule has 0 saturated heterocycles. The lowest BCUT2D eigenvalue weighted by Gasteiger charge is -2.27. The Morgan fingerprint density at radius 3 is 2.59 bits per heavy atom. The second-order valence-corrected chi connectivity index (χ2v) is 6.37. The molecule has 17 heavy (non-hydrogen) atoms. The second-order valence-electron chi connectivity index (χ2n) is 5.45. The molecule has 92 valence electrons. The van der Waals surface area contributed by atoms with Crippen LogP contribution in [0.25, 0.3) is 0 Å². The molecule has 0 heterocycles. The number of halogens is 1. The fourth-order valence-corrected chi connectivity index (χ4v) is 1.69. The summed E-state index contributed by atoms with van der Waals surface area (Å²) >= 11 is 3.42. The van der Waals surface area contributed by atoms with Gasteiger partial charge in [-0.05, 0) is 29.5 Å². The van der Waals surface area contributed by atoms with Crippen molar-refractivity contribution in [1.82, 2.24) is 0 Å². The third kappa shape index (κ3) is 4.05. The van der Waals surface area contributed by atoms with Crippen LogP contribution in [-0.2, 0) is 0 Å². The van der Waals surface area contributed by atoms with Crippen molar-refractivity contribution in [2.24, 2.45) is 11.3 Å². The summed E-state index contributed by atoms with van der Waals surface area (Å²) in [4.78, 5) is 0. The summed E-state index contributed by atoms with van der Waals surface area (Å²) in [5, 5.41) is 12.4. The molecule has 0 bridgehead atoms. The fraction of sp³-hybridized carbons (Fsp3) is 0.500. The van der Waals surface area contributed by atoms with E-state index in [-0.39, 0.29) is 5.41 Å². The van der Waals surface area contributed by atoms with Crippen LogP contribution in [0.5, 0.6) is 0 Å². The van der Waals surface area contributed by atoms with E-state index < -0.39 is 0 Å². The molecular weight excluding hydrogens is 276 g/mol.